The Hall–Kier alpha value is -2.90. The Morgan fingerprint density at radius 1 is 1.00 bits per heavy atom. The molecule has 46 heavy (non-hydrogen) atoms. The normalized spacial score (nSPS) is 15.9. The molecule has 0 bridgehead atoms. The van der Waals surface area contributed by atoms with Crippen LogP contribution in [0.4, 0.5) is 5.69 Å². The van der Waals surface area contributed by atoms with Gasteiger partial charge in [0.2, 0.25) is 0 Å². The minimum Gasteiger partial charge on any atom is -0.334 e. The van der Waals surface area contributed by atoms with Crippen LogP contribution in [0.3, 0.4) is 0 Å². The first kappa shape index (κ1) is 34.4. The maximum atomic E-state index is 11.4. The second-order valence-electron chi connectivity index (χ2n) is 11.0. The first-order chi connectivity index (χ1) is 22.1. The summed E-state index contributed by atoms with van der Waals surface area (Å²) in [5.41, 5.74) is 3.28. The van der Waals surface area contributed by atoms with Crippen molar-refractivity contribution in [2.75, 3.05) is 23.8 Å². The topological polar surface area (TPSA) is 104 Å². The van der Waals surface area contributed by atoms with Crippen LogP contribution in [0.1, 0.15) is 39.5 Å². The third-order valence-electron chi connectivity index (χ3n) is 7.68. The third-order valence-corrected chi connectivity index (χ3v) is 11.1. The van der Waals surface area contributed by atoms with Gasteiger partial charge in [-0.1, -0.05) is 96.7 Å². The lowest BCUT2D eigenvalue weighted by Crippen LogP contribution is -2.21. The highest BCUT2D eigenvalue weighted by Crippen LogP contribution is 2.50. The lowest BCUT2D eigenvalue weighted by molar-refractivity contribution is 0.303. The van der Waals surface area contributed by atoms with E-state index in [9.17, 15) is 17.2 Å². The summed E-state index contributed by atoms with van der Waals surface area (Å²) in [4.78, 5) is 5.54. The summed E-state index contributed by atoms with van der Waals surface area (Å²) in [6, 6.07) is 27.2. The van der Waals surface area contributed by atoms with Crippen molar-refractivity contribution in [3.05, 3.63) is 112 Å². The van der Waals surface area contributed by atoms with Gasteiger partial charge in [-0.3, -0.25) is 13.3 Å². The number of hydrogen-bond acceptors (Lipinski definition) is 7. The smallest absolute Gasteiger partial charge is 0.301 e. The van der Waals surface area contributed by atoms with Gasteiger partial charge in [-0.05, 0) is 84.7 Å². The molecule has 1 aliphatic heterocycles. The molecule has 0 radical (unpaired) electrons. The summed E-state index contributed by atoms with van der Waals surface area (Å²) in [6.07, 6.45) is 6.58. The van der Waals surface area contributed by atoms with Gasteiger partial charge in [0, 0.05) is 26.6 Å². The molecule has 0 saturated carbocycles. The molecule has 1 aliphatic rings. The van der Waals surface area contributed by atoms with Crippen molar-refractivity contribution in [1.29, 1.82) is 0 Å². The molecule has 5 rings (SSSR count). The van der Waals surface area contributed by atoms with Crippen LogP contribution < -0.4 is 4.90 Å². The number of allylic oxidation sites excluding steroid dienone is 4. The molecular weight excluding hydrogens is 659 g/mol. The molecule has 4 aromatic carbocycles. The van der Waals surface area contributed by atoms with Crippen LogP contribution in [0, 0.1) is 0 Å². The summed E-state index contributed by atoms with van der Waals surface area (Å²) in [6.45, 7) is 4.91. The molecule has 0 aliphatic carbocycles. The minimum atomic E-state index is -4.04. The van der Waals surface area contributed by atoms with E-state index >= 15 is 0 Å². The molecule has 7 nitrogen and oxygen atoms in total. The summed E-state index contributed by atoms with van der Waals surface area (Å²) in [7, 11) is -4.04. The predicted molar refractivity (Wildman–Crippen MR) is 193 cm³/mol. The highest BCUT2D eigenvalue weighted by Gasteiger charge is 2.27. The van der Waals surface area contributed by atoms with Crippen LogP contribution >= 0.6 is 23.5 Å². The number of fused-ring (bicyclic) bond motifs is 4. The lowest BCUT2D eigenvalue weighted by atomic mass is 10.1. The largest absolute Gasteiger partial charge is 0.334 e. The molecule has 4 aromatic rings. The molecular formula is C35H37NO6S4. The molecule has 0 spiro atoms. The molecule has 2 N–H and O–H groups in total. The number of rotatable bonds is 14. The van der Waals surface area contributed by atoms with Gasteiger partial charge in [-0.25, -0.2) is 0 Å². The van der Waals surface area contributed by atoms with Crippen LogP contribution in [0.2, 0.25) is 0 Å². The summed E-state index contributed by atoms with van der Waals surface area (Å²) >= 11 is 1.06. The van der Waals surface area contributed by atoms with Gasteiger partial charge in [0.05, 0.1) is 23.1 Å². The van der Waals surface area contributed by atoms with Gasteiger partial charge in [-0.2, -0.15) is 12.6 Å². The maximum Gasteiger partial charge on any atom is 0.301 e. The van der Waals surface area contributed by atoms with Crippen molar-refractivity contribution in [2.45, 2.75) is 49.3 Å². The zero-order valence-corrected chi connectivity index (χ0v) is 29.0. The number of hydrogen-bond donors (Lipinski definition) is 2. The lowest BCUT2D eigenvalue weighted by Gasteiger charge is -2.22. The molecule has 1 heterocycles. The van der Waals surface area contributed by atoms with E-state index in [4.69, 9.17) is 8.74 Å². The van der Waals surface area contributed by atoms with Crippen LogP contribution in [0.5, 0.6) is 0 Å². The zero-order chi connectivity index (χ0) is 32.7. The highest BCUT2D eigenvalue weighted by atomic mass is 32.2. The molecule has 11 heteroatoms. The fraction of sp³-hybridized carbons (Fsp3) is 0.257. The van der Waals surface area contributed by atoms with E-state index in [1.54, 1.807) is 23.5 Å². The first-order valence-corrected chi connectivity index (χ1v) is 19.3. The second kappa shape index (κ2) is 15.8. The van der Waals surface area contributed by atoms with Gasteiger partial charge in [-0.15, -0.1) is 0 Å². The van der Waals surface area contributed by atoms with Crippen LogP contribution in [-0.4, -0.2) is 40.6 Å². The predicted octanol–water partition coefficient (Wildman–Crippen LogP) is 9.36. The molecule has 0 amide bonds. The summed E-state index contributed by atoms with van der Waals surface area (Å²) in [5, 5.41) is 5.66. The van der Waals surface area contributed by atoms with E-state index < -0.39 is 21.5 Å². The minimum absolute atomic E-state index is 0.159. The molecule has 0 fully saturated rings. The number of thioether (sulfide) groups is 2. The fourth-order valence-corrected chi connectivity index (χ4v) is 8.38. The number of anilines is 1. The van der Waals surface area contributed by atoms with E-state index in [0.29, 0.717) is 25.8 Å². The van der Waals surface area contributed by atoms with Gasteiger partial charge < -0.3 is 4.90 Å². The van der Waals surface area contributed by atoms with Crippen molar-refractivity contribution in [3.8, 4) is 0 Å². The molecule has 1 unspecified atom stereocenters. The molecule has 242 valence electrons. The van der Waals surface area contributed by atoms with Crippen molar-refractivity contribution in [3.63, 3.8) is 0 Å². The Bertz CT molecular complexity index is 1950. The average molecular weight is 696 g/mol. The molecule has 0 aromatic heterocycles. The Morgan fingerprint density at radius 3 is 2.46 bits per heavy atom. The summed E-state index contributed by atoms with van der Waals surface area (Å²) in [5.74, 6) is -0.280. The average Bonchev–Trinajstić information content (AvgIpc) is 3.38. The van der Waals surface area contributed by atoms with Crippen molar-refractivity contribution in [1.82, 2.24) is 0 Å². The Balaban J connectivity index is 1.51. The second-order valence-corrected chi connectivity index (χ2v) is 15.4. The van der Waals surface area contributed by atoms with Crippen LogP contribution in [-0.2, 0) is 25.7 Å². The van der Waals surface area contributed by atoms with Crippen LogP contribution in [0.15, 0.2) is 122 Å². The SMILES string of the molecule is CCC(=C/C(Sc1ccc2ccccc2c1)=C(/C)CCCS(=O)(=O)O)C=C1Sc2ccc3ccccc3c2N1CCCOS(=O)O. The van der Waals surface area contributed by atoms with Gasteiger partial charge in [0.1, 0.15) is 0 Å². The van der Waals surface area contributed by atoms with E-state index in [2.05, 4.69) is 78.6 Å². The number of nitrogens with zero attached hydrogens (tertiary/aromatic N) is 1. The number of benzene rings is 4. The van der Waals surface area contributed by atoms with E-state index in [1.165, 1.54) is 0 Å². The maximum absolute atomic E-state index is 11.4. The highest BCUT2D eigenvalue weighted by molar-refractivity contribution is 8.04. The molecule has 1 atom stereocenters. The standard InChI is InChI=1S/C35H37NO6S4/c1-3-26(22-33(25(2)10-8-21-46(39,40)41)43-30-17-15-27-11-4-5-13-29(27)24-30)23-34-36(19-9-20-42-45(37)38)35-31-14-7-6-12-28(31)16-18-32(35)44-34/h4-7,11-18,22-24H,3,8-10,19-21H2,1-2H3,(H,37,38)(H,39,40,41)/b26-22?,33-25+,34-23?. The molecule has 0 saturated heterocycles. The monoisotopic (exact) mass is 695 g/mol. The van der Waals surface area contributed by atoms with Gasteiger partial charge >= 0.3 is 11.4 Å². The van der Waals surface area contributed by atoms with Crippen molar-refractivity contribution >= 4 is 72.2 Å². The first-order valence-electron chi connectivity index (χ1n) is 15.1. The van der Waals surface area contributed by atoms with Gasteiger partial charge in [0.15, 0.2) is 0 Å². The Labute approximate surface area is 282 Å². The van der Waals surface area contributed by atoms with Crippen molar-refractivity contribution in [2.24, 2.45) is 0 Å². The van der Waals surface area contributed by atoms with E-state index in [0.717, 1.165) is 64.5 Å². The van der Waals surface area contributed by atoms with E-state index in [1.807, 2.05) is 31.2 Å². The quantitative estimate of drug-likeness (QED) is 0.0439. The van der Waals surface area contributed by atoms with Gasteiger partial charge in [0.25, 0.3) is 10.1 Å². The zero-order valence-electron chi connectivity index (χ0n) is 25.7. The Morgan fingerprint density at radius 2 is 1.72 bits per heavy atom. The fourth-order valence-electron chi connectivity index (χ4n) is 5.37. The van der Waals surface area contributed by atoms with E-state index in [-0.39, 0.29) is 12.4 Å². The third kappa shape index (κ3) is 9.13. The Kier molecular flexibility index (Phi) is 11.8. The summed E-state index contributed by atoms with van der Waals surface area (Å²) < 4.78 is 57.3. The van der Waals surface area contributed by atoms with Crippen molar-refractivity contribution < 1.29 is 25.9 Å². The van der Waals surface area contributed by atoms with Crippen LogP contribution in [0.25, 0.3) is 21.5 Å².